The maximum Gasteiger partial charge on any atom is 0.295 e. The number of ketones is 1. The first-order valence-corrected chi connectivity index (χ1v) is 10.1. The summed E-state index contributed by atoms with van der Waals surface area (Å²) in [6.45, 7) is 5.33. The molecule has 1 amide bonds. The molecule has 0 saturated carbocycles. The fraction of sp³-hybridized carbons (Fsp3) is 0.391. The van der Waals surface area contributed by atoms with Gasteiger partial charge in [0.2, 0.25) is 0 Å². The van der Waals surface area contributed by atoms with Crippen LogP contribution in [0.5, 0.6) is 5.75 Å². The van der Waals surface area contributed by atoms with Gasteiger partial charge in [-0.1, -0.05) is 6.92 Å². The van der Waals surface area contributed by atoms with Crippen LogP contribution >= 0.6 is 0 Å². The number of furan rings is 1. The minimum Gasteiger partial charge on any atom is -0.507 e. The fourth-order valence-electron chi connectivity index (χ4n) is 3.40. The second-order valence-electron chi connectivity index (χ2n) is 7.62. The SMILES string of the molecule is CCCOc1ccc(C(O)=C2C(=O)C(=O)N(CCN(C)C)[C@@H]2c2ccc(C)o2)cc1. The van der Waals surface area contributed by atoms with Crippen molar-refractivity contribution in [2.75, 3.05) is 33.8 Å². The number of nitrogens with zero attached hydrogens (tertiary/aromatic N) is 2. The molecule has 1 fully saturated rings. The number of aryl methyl sites for hydroxylation is 1. The minimum absolute atomic E-state index is 0.0373. The molecule has 3 rings (SSSR count). The van der Waals surface area contributed by atoms with Crippen molar-refractivity contribution in [1.82, 2.24) is 9.80 Å². The zero-order chi connectivity index (χ0) is 21.8. The maximum absolute atomic E-state index is 12.9. The molecular weight excluding hydrogens is 384 g/mol. The molecule has 30 heavy (non-hydrogen) atoms. The van der Waals surface area contributed by atoms with Crippen LogP contribution in [0.1, 0.15) is 36.5 Å². The van der Waals surface area contributed by atoms with Crippen LogP contribution in [0.2, 0.25) is 0 Å². The molecule has 160 valence electrons. The van der Waals surface area contributed by atoms with Crippen LogP contribution in [0.25, 0.3) is 5.76 Å². The summed E-state index contributed by atoms with van der Waals surface area (Å²) in [5.41, 5.74) is 0.480. The standard InChI is InChI=1S/C23H28N2O5/c1-5-14-29-17-9-7-16(8-10-17)21(26)19-20(18-11-6-15(2)30-18)25(13-12-24(3)4)23(28)22(19)27/h6-11,20,26H,5,12-14H2,1-4H3/t20-/m1/s1. The average molecular weight is 412 g/mol. The number of aliphatic hydroxyl groups is 1. The zero-order valence-electron chi connectivity index (χ0n) is 17.8. The summed E-state index contributed by atoms with van der Waals surface area (Å²) in [5.74, 6) is 0.229. The molecule has 0 aliphatic carbocycles. The van der Waals surface area contributed by atoms with Crippen molar-refractivity contribution in [3.05, 3.63) is 59.1 Å². The molecule has 1 aromatic carbocycles. The van der Waals surface area contributed by atoms with E-state index < -0.39 is 17.7 Å². The molecular formula is C23H28N2O5. The average Bonchev–Trinajstić information content (AvgIpc) is 3.26. The van der Waals surface area contributed by atoms with Gasteiger partial charge in [-0.2, -0.15) is 0 Å². The number of likely N-dealkylation sites (tertiary alicyclic amines) is 1. The lowest BCUT2D eigenvalue weighted by atomic mass is 9.99. The van der Waals surface area contributed by atoms with E-state index in [-0.39, 0.29) is 11.3 Å². The van der Waals surface area contributed by atoms with Crippen molar-refractivity contribution in [2.45, 2.75) is 26.3 Å². The highest BCUT2D eigenvalue weighted by Gasteiger charge is 2.47. The number of carbonyl (C=O) groups is 2. The van der Waals surface area contributed by atoms with E-state index in [0.717, 1.165) is 6.42 Å². The molecule has 1 N–H and O–H groups in total. The Morgan fingerprint density at radius 2 is 1.87 bits per heavy atom. The van der Waals surface area contributed by atoms with E-state index in [1.165, 1.54) is 4.90 Å². The fourth-order valence-corrected chi connectivity index (χ4v) is 3.40. The number of hydrogen-bond donors (Lipinski definition) is 1. The van der Waals surface area contributed by atoms with Crippen molar-refractivity contribution in [1.29, 1.82) is 0 Å². The normalized spacial score (nSPS) is 18.4. The minimum atomic E-state index is -0.769. The summed E-state index contributed by atoms with van der Waals surface area (Å²) in [6, 6.07) is 9.58. The van der Waals surface area contributed by atoms with Crippen LogP contribution in [0.4, 0.5) is 0 Å². The number of likely N-dealkylation sites (N-methyl/N-ethyl adjacent to an activating group) is 1. The quantitative estimate of drug-likeness (QED) is 0.407. The molecule has 1 aliphatic heterocycles. The molecule has 1 aromatic heterocycles. The maximum atomic E-state index is 12.9. The third-order valence-electron chi connectivity index (χ3n) is 4.96. The van der Waals surface area contributed by atoms with Crippen LogP contribution in [-0.2, 0) is 9.59 Å². The number of aliphatic hydroxyl groups excluding tert-OH is 1. The second kappa shape index (κ2) is 9.17. The van der Waals surface area contributed by atoms with Gasteiger partial charge in [-0.3, -0.25) is 9.59 Å². The second-order valence-corrected chi connectivity index (χ2v) is 7.62. The smallest absolute Gasteiger partial charge is 0.295 e. The number of ether oxygens (including phenoxy) is 1. The van der Waals surface area contributed by atoms with Crippen molar-refractivity contribution >= 4 is 17.4 Å². The Hall–Kier alpha value is -3.06. The largest absolute Gasteiger partial charge is 0.507 e. The van der Waals surface area contributed by atoms with Gasteiger partial charge >= 0.3 is 0 Å². The Labute approximate surface area is 176 Å². The van der Waals surface area contributed by atoms with Crippen LogP contribution in [0.15, 0.2) is 46.4 Å². The molecule has 1 aliphatic rings. The van der Waals surface area contributed by atoms with Crippen molar-refractivity contribution in [3.8, 4) is 5.75 Å². The first kappa shape index (κ1) is 21.6. The number of Topliss-reactive ketones (excluding diaryl/α,β-unsaturated/α-hetero) is 1. The van der Waals surface area contributed by atoms with Gasteiger partial charge in [-0.15, -0.1) is 0 Å². The highest BCUT2D eigenvalue weighted by molar-refractivity contribution is 6.46. The highest BCUT2D eigenvalue weighted by Crippen LogP contribution is 2.40. The molecule has 0 bridgehead atoms. The van der Waals surface area contributed by atoms with Crippen LogP contribution in [0, 0.1) is 6.92 Å². The van der Waals surface area contributed by atoms with Gasteiger partial charge in [0.05, 0.1) is 12.2 Å². The number of carbonyl (C=O) groups excluding carboxylic acids is 2. The summed E-state index contributed by atoms with van der Waals surface area (Å²) >= 11 is 0. The van der Waals surface area contributed by atoms with E-state index in [0.29, 0.717) is 42.5 Å². The van der Waals surface area contributed by atoms with Gasteiger partial charge in [0.25, 0.3) is 11.7 Å². The lowest BCUT2D eigenvalue weighted by molar-refractivity contribution is -0.140. The lowest BCUT2D eigenvalue weighted by Gasteiger charge is -2.24. The lowest BCUT2D eigenvalue weighted by Crippen LogP contribution is -2.35. The third kappa shape index (κ3) is 4.41. The van der Waals surface area contributed by atoms with Gasteiger partial charge in [-0.25, -0.2) is 0 Å². The van der Waals surface area contributed by atoms with Gasteiger partial charge in [0.15, 0.2) is 0 Å². The van der Waals surface area contributed by atoms with E-state index in [4.69, 9.17) is 9.15 Å². The summed E-state index contributed by atoms with van der Waals surface area (Å²) in [6.07, 6.45) is 0.890. The first-order chi connectivity index (χ1) is 14.3. The van der Waals surface area contributed by atoms with Gasteiger partial charge in [0, 0.05) is 18.7 Å². The molecule has 0 radical (unpaired) electrons. The molecule has 2 heterocycles. The number of amides is 1. The Bertz CT molecular complexity index is 943. The van der Waals surface area contributed by atoms with E-state index >= 15 is 0 Å². The van der Waals surface area contributed by atoms with Gasteiger partial charge in [-0.05, 0) is 63.8 Å². The summed E-state index contributed by atoms with van der Waals surface area (Å²) in [4.78, 5) is 29.1. The van der Waals surface area contributed by atoms with Crippen molar-refractivity contribution in [2.24, 2.45) is 0 Å². The predicted molar refractivity (Wildman–Crippen MR) is 113 cm³/mol. The van der Waals surface area contributed by atoms with Crippen LogP contribution in [0.3, 0.4) is 0 Å². The van der Waals surface area contributed by atoms with Gasteiger partial charge < -0.3 is 24.1 Å². The van der Waals surface area contributed by atoms with E-state index in [1.807, 2.05) is 25.9 Å². The molecule has 7 nitrogen and oxygen atoms in total. The molecule has 1 atom stereocenters. The molecule has 0 unspecified atom stereocenters. The third-order valence-corrected chi connectivity index (χ3v) is 4.96. The van der Waals surface area contributed by atoms with E-state index in [1.54, 1.807) is 43.3 Å². The monoisotopic (exact) mass is 412 g/mol. The highest BCUT2D eigenvalue weighted by atomic mass is 16.5. The molecule has 2 aromatic rings. The summed E-state index contributed by atoms with van der Waals surface area (Å²) in [5, 5.41) is 11.0. The number of rotatable bonds is 8. The van der Waals surface area contributed by atoms with Crippen LogP contribution in [-0.4, -0.2) is 60.4 Å². The molecule has 0 spiro atoms. The Kier molecular flexibility index (Phi) is 6.62. The predicted octanol–water partition coefficient (Wildman–Crippen LogP) is 3.36. The Balaban J connectivity index is 2.02. The molecule has 1 saturated heterocycles. The van der Waals surface area contributed by atoms with E-state index in [2.05, 4.69) is 0 Å². The summed E-state index contributed by atoms with van der Waals surface area (Å²) < 4.78 is 11.3. The first-order valence-electron chi connectivity index (χ1n) is 10.1. The Morgan fingerprint density at radius 3 is 2.43 bits per heavy atom. The van der Waals surface area contributed by atoms with Crippen molar-refractivity contribution < 1.29 is 23.8 Å². The Morgan fingerprint density at radius 1 is 1.17 bits per heavy atom. The number of hydrogen-bond acceptors (Lipinski definition) is 6. The van der Waals surface area contributed by atoms with Gasteiger partial charge in [0.1, 0.15) is 29.1 Å². The molecule has 7 heteroatoms. The number of benzene rings is 1. The summed E-state index contributed by atoms with van der Waals surface area (Å²) in [7, 11) is 3.79. The topological polar surface area (TPSA) is 83.2 Å². The van der Waals surface area contributed by atoms with E-state index in [9.17, 15) is 14.7 Å². The zero-order valence-corrected chi connectivity index (χ0v) is 17.8. The van der Waals surface area contributed by atoms with Crippen molar-refractivity contribution in [3.63, 3.8) is 0 Å². The van der Waals surface area contributed by atoms with Crippen LogP contribution < -0.4 is 4.74 Å².